The van der Waals surface area contributed by atoms with Gasteiger partial charge in [-0.15, -0.1) is 0 Å². The molecule has 3 aromatic heterocycles. The average molecular weight is 366 g/mol. The second-order valence-electron chi connectivity index (χ2n) is 5.18. The van der Waals surface area contributed by atoms with Crippen LogP contribution >= 0.6 is 11.6 Å². The first-order chi connectivity index (χ1) is 11.7. The van der Waals surface area contributed by atoms with E-state index in [0.29, 0.717) is 5.69 Å². The molecule has 0 aliphatic heterocycles. The summed E-state index contributed by atoms with van der Waals surface area (Å²) >= 11 is 5.10. The molecule has 8 nitrogen and oxygen atoms in total. The number of nitriles is 1. The molecular weight excluding hydrogens is 356 g/mol. The number of alkyl halides is 3. The van der Waals surface area contributed by atoms with E-state index in [1.54, 1.807) is 0 Å². The monoisotopic (exact) mass is 365 g/mol. The van der Waals surface area contributed by atoms with Crippen molar-refractivity contribution in [3.63, 3.8) is 0 Å². The highest BCUT2D eigenvalue weighted by Gasteiger charge is 2.32. The number of amides is 1. The topological polar surface area (TPSA) is 101 Å². The summed E-state index contributed by atoms with van der Waals surface area (Å²) < 4.78 is 29.2. The van der Waals surface area contributed by atoms with Crippen molar-refractivity contribution in [2.75, 3.05) is 5.32 Å². The van der Waals surface area contributed by atoms with Crippen LogP contribution in [0.5, 0.6) is 0 Å². The maximum Gasteiger partial charge on any atom is 0.364 e. The number of anilines is 1. The van der Waals surface area contributed by atoms with E-state index < -0.39 is 17.0 Å². The molecule has 11 heteroatoms. The molecule has 0 unspecified atom stereocenters. The van der Waals surface area contributed by atoms with Crippen LogP contribution in [0.2, 0.25) is 0 Å². The van der Waals surface area contributed by atoms with Crippen molar-refractivity contribution in [1.29, 1.82) is 5.26 Å². The molecule has 0 aliphatic rings. The molecule has 1 amide bonds. The molecule has 3 aromatic rings. The maximum atomic E-state index is 13.6. The molecule has 0 atom stereocenters. The summed E-state index contributed by atoms with van der Waals surface area (Å²) in [5, 5.41) is 15.5. The van der Waals surface area contributed by atoms with Crippen LogP contribution in [-0.2, 0) is 12.4 Å². The van der Waals surface area contributed by atoms with Gasteiger partial charge in [0, 0.05) is 18.8 Å². The SMILES string of the molecule is Cc1cc(C(F)(F)Cl)n2nc(C(=O)Nc3c(C#N)cnn3C)cc2n1. The van der Waals surface area contributed by atoms with Gasteiger partial charge in [0.15, 0.2) is 11.3 Å². The number of halogens is 3. The Kier molecular flexibility index (Phi) is 3.88. The average Bonchev–Trinajstić information content (AvgIpc) is 3.09. The number of hydrogen-bond acceptors (Lipinski definition) is 5. The van der Waals surface area contributed by atoms with Crippen LogP contribution in [0.1, 0.15) is 27.4 Å². The van der Waals surface area contributed by atoms with E-state index in [4.69, 9.17) is 16.9 Å². The molecule has 3 rings (SSSR count). The zero-order valence-corrected chi connectivity index (χ0v) is 13.7. The fourth-order valence-electron chi connectivity index (χ4n) is 2.25. The second kappa shape index (κ2) is 5.78. The third kappa shape index (κ3) is 3.01. The van der Waals surface area contributed by atoms with Gasteiger partial charge < -0.3 is 5.32 Å². The lowest BCUT2D eigenvalue weighted by molar-refractivity contribution is 0.0868. The number of aromatic nitrogens is 5. The van der Waals surface area contributed by atoms with Crippen LogP contribution in [0.4, 0.5) is 14.6 Å². The lowest BCUT2D eigenvalue weighted by Gasteiger charge is -2.10. The molecular formula is C14H10ClF2N7O. The Morgan fingerprint density at radius 3 is 2.80 bits per heavy atom. The molecule has 0 aliphatic carbocycles. The predicted molar refractivity (Wildman–Crippen MR) is 83.3 cm³/mol. The Bertz CT molecular complexity index is 1030. The largest absolute Gasteiger partial charge is 0.364 e. The van der Waals surface area contributed by atoms with E-state index >= 15 is 0 Å². The van der Waals surface area contributed by atoms with E-state index in [9.17, 15) is 13.6 Å². The lowest BCUT2D eigenvalue weighted by Crippen LogP contribution is -2.17. The summed E-state index contributed by atoms with van der Waals surface area (Å²) in [5.74, 6) is -0.538. The summed E-state index contributed by atoms with van der Waals surface area (Å²) in [4.78, 5) is 16.4. The molecule has 25 heavy (non-hydrogen) atoms. The van der Waals surface area contributed by atoms with Crippen molar-refractivity contribution < 1.29 is 13.6 Å². The number of carbonyl (C=O) groups is 1. The number of fused-ring (bicyclic) bond motifs is 1. The maximum absolute atomic E-state index is 13.6. The van der Waals surface area contributed by atoms with Crippen molar-refractivity contribution in [3.05, 3.63) is 41.0 Å². The summed E-state index contributed by atoms with van der Waals surface area (Å²) in [6.45, 7) is 1.52. The van der Waals surface area contributed by atoms with E-state index in [-0.39, 0.29) is 22.7 Å². The van der Waals surface area contributed by atoms with Gasteiger partial charge in [-0.2, -0.15) is 24.2 Å². The first-order valence-electron chi connectivity index (χ1n) is 6.89. The van der Waals surface area contributed by atoms with E-state index in [1.165, 1.54) is 30.9 Å². The molecule has 0 aromatic carbocycles. The number of rotatable bonds is 3. The van der Waals surface area contributed by atoms with Crippen LogP contribution < -0.4 is 5.32 Å². The number of nitrogens with zero attached hydrogens (tertiary/aromatic N) is 6. The van der Waals surface area contributed by atoms with Crippen molar-refractivity contribution in [2.45, 2.75) is 12.3 Å². The van der Waals surface area contributed by atoms with Gasteiger partial charge in [0.2, 0.25) is 0 Å². The highest BCUT2D eigenvalue weighted by Crippen LogP contribution is 2.32. The molecule has 0 bridgehead atoms. The number of aryl methyl sites for hydroxylation is 2. The first-order valence-corrected chi connectivity index (χ1v) is 7.26. The zero-order valence-electron chi connectivity index (χ0n) is 13.0. The number of hydrogen-bond donors (Lipinski definition) is 1. The highest BCUT2D eigenvalue weighted by atomic mass is 35.5. The van der Waals surface area contributed by atoms with Gasteiger partial charge in [-0.25, -0.2) is 9.50 Å². The van der Waals surface area contributed by atoms with Crippen molar-refractivity contribution in [2.24, 2.45) is 7.05 Å². The van der Waals surface area contributed by atoms with Crippen LogP contribution in [-0.4, -0.2) is 30.3 Å². The predicted octanol–water partition coefficient (Wildman–Crippen LogP) is 2.18. The fraction of sp³-hybridized carbons (Fsp3) is 0.214. The Hall–Kier alpha value is -3.06. The third-order valence-electron chi connectivity index (χ3n) is 3.37. The Labute approximate surface area is 144 Å². The van der Waals surface area contributed by atoms with Crippen LogP contribution in [0.3, 0.4) is 0 Å². The van der Waals surface area contributed by atoms with Crippen molar-refractivity contribution >= 4 is 29.0 Å². The van der Waals surface area contributed by atoms with Crippen molar-refractivity contribution in [3.8, 4) is 6.07 Å². The minimum absolute atomic E-state index is 0.0472. The van der Waals surface area contributed by atoms with E-state index in [0.717, 1.165) is 10.6 Å². The van der Waals surface area contributed by atoms with Crippen molar-refractivity contribution in [1.82, 2.24) is 24.4 Å². The van der Waals surface area contributed by atoms with Gasteiger partial charge in [-0.1, -0.05) is 0 Å². The quantitative estimate of drug-likeness (QED) is 0.717. The molecule has 0 radical (unpaired) electrons. The summed E-state index contributed by atoms with van der Waals surface area (Å²) in [7, 11) is 1.54. The molecule has 0 spiro atoms. The Morgan fingerprint density at radius 1 is 1.44 bits per heavy atom. The van der Waals surface area contributed by atoms with Gasteiger partial charge in [0.05, 0.1) is 6.20 Å². The Balaban J connectivity index is 2.04. The molecule has 0 saturated carbocycles. The second-order valence-corrected chi connectivity index (χ2v) is 5.65. The van der Waals surface area contributed by atoms with E-state index in [1.807, 2.05) is 6.07 Å². The van der Waals surface area contributed by atoms with Crippen LogP contribution in [0.25, 0.3) is 5.65 Å². The molecule has 1 N–H and O–H groups in total. The number of carbonyl (C=O) groups excluding carboxylic acids is 1. The summed E-state index contributed by atoms with van der Waals surface area (Å²) in [6, 6.07) is 4.22. The van der Waals surface area contributed by atoms with Gasteiger partial charge in [-0.3, -0.25) is 9.48 Å². The molecule has 0 saturated heterocycles. The fourth-order valence-corrected chi connectivity index (χ4v) is 2.39. The zero-order chi connectivity index (χ0) is 18.4. The van der Waals surface area contributed by atoms with Crippen LogP contribution in [0, 0.1) is 18.3 Å². The van der Waals surface area contributed by atoms with Gasteiger partial charge in [0.25, 0.3) is 5.91 Å². The van der Waals surface area contributed by atoms with Crippen LogP contribution in [0.15, 0.2) is 18.3 Å². The summed E-state index contributed by atoms with van der Waals surface area (Å²) in [6.07, 6.45) is 1.29. The normalized spacial score (nSPS) is 11.5. The molecule has 128 valence electrons. The Morgan fingerprint density at radius 2 is 2.16 bits per heavy atom. The smallest absolute Gasteiger partial charge is 0.304 e. The van der Waals surface area contributed by atoms with Gasteiger partial charge in [0.1, 0.15) is 23.1 Å². The minimum atomic E-state index is -3.68. The lowest BCUT2D eigenvalue weighted by atomic mass is 10.3. The molecule has 3 heterocycles. The van der Waals surface area contributed by atoms with E-state index in [2.05, 4.69) is 20.5 Å². The molecule has 0 fully saturated rings. The summed E-state index contributed by atoms with van der Waals surface area (Å²) in [5.41, 5.74) is -0.264. The van der Waals surface area contributed by atoms with Gasteiger partial charge in [-0.05, 0) is 24.6 Å². The number of nitrogens with one attached hydrogen (secondary N) is 1. The minimum Gasteiger partial charge on any atom is -0.304 e. The standard InChI is InChI=1S/C14H10ClF2N7O/c1-7-3-10(14(15,16)17)24-11(20-7)4-9(22-24)13(25)21-12-8(5-18)6-19-23(12)2/h3-4,6H,1-2H3,(H,21,25). The van der Waals surface area contributed by atoms with Gasteiger partial charge >= 0.3 is 5.38 Å². The first kappa shape index (κ1) is 16.8. The highest BCUT2D eigenvalue weighted by molar-refractivity contribution is 6.21. The third-order valence-corrected chi connectivity index (χ3v) is 3.56.